The van der Waals surface area contributed by atoms with Crippen LogP contribution in [-0.2, 0) is 20.9 Å². The van der Waals surface area contributed by atoms with E-state index >= 15 is 0 Å². The Hall–Kier alpha value is -1.88. The lowest BCUT2D eigenvalue weighted by molar-refractivity contribution is -0.155. The molecule has 1 N–H and O–H groups in total. The van der Waals surface area contributed by atoms with E-state index in [1.165, 1.54) is 4.90 Å². The summed E-state index contributed by atoms with van der Waals surface area (Å²) >= 11 is 0. The number of nitrogens with one attached hydrogen (secondary N) is 1. The molecule has 1 rings (SSSR count). The standard InChI is InChI=1S/C17H26N2O3/c1-12(2)15(18-4)16(20)19(5)13(3)17(21)22-11-14-9-7-6-8-10-14/h6-10,12-13,15,18H,11H2,1-5H3/t13-,15-/m0/s1. The van der Waals surface area contributed by atoms with Gasteiger partial charge in [-0.1, -0.05) is 44.2 Å². The van der Waals surface area contributed by atoms with Gasteiger partial charge in [0.2, 0.25) is 5.91 Å². The molecule has 122 valence electrons. The Labute approximate surface area is 132 Å². The van der Waals surface area contributed by atoms with E-state index in [9.17, 15) is 9.59 Å². The van der Waals surface area contributed by atoms with Crippen molar-refractivity contribution in [3.63, 3.8) is 0 Å². The van der Waals surface area contributed by atoms with Crippen molar-refractivity contribution in [3.05, 3.63) is 35.9 Å². The van der Waals surface area contributed by atoms with Gasteiger partial charge < -0.3 is 15.0 Å². The first-order valence-corrected chi connectivity index (χ1v) is 7.53. The molecule has 0 unspecified atom stereocenters. The molecule has 1 amide bonds. The lowest BCUT2D eigenvalue weighted by Crippen LogP contribution is -2.51. The van der Waals surface area contributed by atoms with Crippen LogP contribution in [0.2, 0.25) is 0 Å². The summed E-state index contributed by atoms with van der Waals surface area (Å²) in [7, 11) is 3.37. The maximum Gasteiger partial charge on any atom is 0.328 e. The molecule has 0 bridgehead atoms. The molecule has 0 saturated heterocycles. The van der Waals surface area contributed by atoms with E-state index in [2.05, 4.69) is 5.32 Å². The highest BCUT2D eigenvalue weighted by Crippen LogP contribution is 2.09. The molecule has 0 aliphatic heterocycles. The van der Waals surface area contributed by atoms with E-state index in [0.717, 1.165) is 5.56 Å². The minimum atomic E-state index is -0.620. The molecule has 0 aliphatic rings. The van der Waals surface area contributed by atoms with Crippen molar-refractivity contribution in [2.45, 2.75) is 39.5 Å². The van der Waals surface area contributed by atoms with Gasteiger partial charge in [-0.05, 0) is 25.5 Å². The van der Waals surface area contributed by atoms with Gasteiger partial charge in [0.1, 0.15) is 12.6 Å². The van der Waals surface area contributed by atoms with Crippen LogP contribution >= 0.6 is 0 Å². The molecular formula is C17H26N2O3. The molecule has 1 aromatic carbocycles. The fourth-order valence-corrected chi connectivity index (χ4v) is 2.16. The SMILES string of the molecule is CN[C@H](C(=O)N(C)[C@@H](C)C(=O)OCc1ccccc1)C(C)C. The van der Waals surface area contributed by atoms with Crippen molar-refractivity contribution in [1.29, 1.82) is 0 Å². The zero-order chi connectivity index (χ0) is 16.7. The van der Waals surface area contributed by atoms with E-state index < -0.39 is 12.0 Å². The fraction of sp³-hybridized carbons (Fsp3) is 0.529. The second-order valence-corrected chi connectivity index (χ2v) is 5.73. The highest BCUT2D eigenvalue weighted by atomic mass is 16.5. The number of carbonyl (C=O) groups is 2. The van der Waals surface area contributed by atoms with Gasteiger partial charge in [0.15, 0.2) is 0 Å². The molecule has 0 radical (unpaired) electrons. The van der Waals surface area contributed by atoms with Crippen LogP contribution in [0.1, 0.15) is 26.3 Å². The van der Waals surface area contributed by atoms with Gasteiger partial charge in [-0.15, -0.1) is 0 Å². The van der Waals surface area contributed by atoms with E-state index in [4.69, 9.17) is 4.74 Å². The number of likely N-dealkylation sites (N-methyl/N-ethyl adjacent to an activating group) is 2. The van der Waals surface area contributed by atoms with E-state index in [1.807, 2.05) is 44.2 Å². The summed E-state index contributed by atoms with van der Waals surface area (Å²) in [6, 6.07) is 8.54. The average Bonchev–Trinajstić information content (AvgIpc) is 2.52. The number of rotatable bonds is 7. The molecule has 0 aromatic heterocycles. The summed E-state index contributed by atoms with van der Waals surface area (Å²) in [5, 5.41) is 2.99. The Balaban J connectivity index is 2.59. The van der Waals surface area contributed by atoms with Gasteiger partial charge in [0, 0.05) is 7.05 Å². The normalized spacial score (nSPS) is 13.5. The third-order valence-electron chi connectivity index (χ3n) is 3.74. The summed E-state index contributed by atoms with van der Waals surface area (Å²) in [5.74, 6) is -0.368. The van der Waals surface area contributed by atoms with Crippen molar-refractivity contribution >= 4 is 11.9 Å². The predicted molar refractivity (Wildman–Crippen MR) is 86.2 cm³/mol. The third kappa shape index (κ3) is 4.84. The molecule has 5 heteroatoms. The summed E-state index contributed by atoms with van der Waals surface area (Å²) < 4.78 is 5.28. The van der Waals surface area contributed by atoms with Crippen LogP contribution in [0.15, 0.2) is 30.3 Å². The number of benzene rings is 1. The first-order valence-electron chi connectivity index (χ1n) is 7.53. The van der Waals surface area contributed by atoms with Crippen LogP contribution in [-0.4, -0.2) is 43.0 Å². The summed E-state index contributed by atoms with van der Waals surface area (Å²) in [5.41, 5.74) is 0.923. The van der Waals surface area contributed by atoms with Crippen molar-refractivity contribution in [1.82, 2.24) is 10.2 Å². The van der Waals surface area contributed by atoms with Gasteiger partial charge in [-0.3, -0.25) is 4.79 Å². The highest BCUT2D eigenvalue weighted by Gasteiger charge is 2.29. The number of esters is 1. The summed E-state index contributed by atoms with van der Waals surface area (Å²) in [4.78, 5) is 25.9. The topological polar surface area (TPSA) is 58.6 Å². The smallest absolute Gasteiger partial charge is 0.328 e. The monoisotopic (exact) mass is 306 g/mol. The third-order valence-corrected chi connectivity index (χ3v) is 3.74. The number of hydrogen-bond acceptors (Lipinski definition) is 4. The zero-order valence-electron chi connectivity index (χ0n) is 14.0. The van der Waals surface area contributed by atoms with E-state index in [0.29, 0.717) is 0 Å². The van der Waals surface area contributed by atoms with Gasteiger partial charge in [0.05, 0.1) is 6.04 Å². The molecule has 5 nitrogen and oxygen atoms in total. The van der Waals surface area contributed by atoms with Gasteiger partial charge >= 0.3 is 5.97 Å². The Morgan fingerprint density at radius 3 is 2.27 bits per heavy atom. The second kappa shape index (κ2) is 8.54. The van der Waals surface area contributed by atoms with Crippen LogP contribution in [0.5, 0.6) is 0 Å². The van der Waals surface area contributed by atoms with Crippen molar-refractivity contribution in [3.8, 4) is 0 Å². The molecule has 2 atom stereocenters. The number of amides is 1. The van der Waals surface area contributed by atoms with Crippen LogP contribution in [0.3, 0.4) is 0 Å². The molecule has 0 heterocycles. The minimum absolute atomic E-state index is 0.110. The van der Waals surface area contributed by atoms with E-state index in [1.54, 1.807) is 21.0 Å². The Kier molecular flexibility index (Phi) is 7.05. The van der Waals surface area contributed by atoms with Crippen LogP contribution in [0, 0.1) is 5.92 Å². The maximum atomic E-state index is 12.4. The highest BCUT2D eigenvalue weighted by molar-refractivity contribution is 5.87. The molecule has 0 aliphatic carbocycles. The summed E-state index contributed by atoms with van der Waals surface area (Å²) in [6.45, 7) is 5.82. The number of nitrogens with zero attached hydrogens (tertiary/aromatic N) is 1. The number of ether oxygens (including phenoxy) is 1. The minimum Gasteiger partial charge on any atom is -0.459 e. The van der Waals surface area contributed by atoms with Crippen LogP contribution in [0.25, 0.3) is 0 Å². The lowest BCUT2D eigenvalue weighted by atomic mass is 10.0. The maximum absolute atomic E-state index is 12.4. The number of hydrogen-bond donors (Lipinski definition) is 1. The lowest BCUT2D eigenvalue weighted by Gasteiger charge is -2.29. The molecule has 0 saturated carbocycles. The van der Waals surface area contributed by atoms with Crippen molar-refractivity contribution in [2.75, 3.05) is 14.1 Å². The average molecular weight is 306 g/mol. The number of carbonyl (C=O) groups excluding carboxylic acids is 2. The quantitative estimate of drug-likeness (QED) is 0.781. The van der Waals surface area contributed by atoms with Gasteiger partial charge in [0.25, 0.3) is 0 Å². The zero-order valence-corrected chi connectivity index (χ0v) is 14.0. The fourth-order valence-electron chi connectivity index (χ4n) is 2.16. The molecule has 0 fully saturated rings. The second-order valence-electron chi connectivity index (χ2n) is 5.73. The van der Waals surface area contributed by atoms with Crippen LogP contribution < -0.4 is 5.32 Å². The largest absolute Gasteiger partial charge is 0.459 e. The molecule has 22 heavy (non-hydrogen) atoms. The Morgan fingerprint density at radius 1 is 1.18 bits per heavy atom. The predicted octanol–water partition coefficient (Wildman–Crippen LogP) is 1.82. The Morgan fingerprint density at radius 2 is 1.77 bits per heavy atom. The Bertz CT molecular complexity index is 488. The molecule has 0 spiro atoms. The summed E-state index contributed by atoms with van der Waals surface area (Å²) in [6.07, 6.45) is 0. The van der Waals surface area contributed by atoms with E-state index in [-0.39, 0.29) is 24.5 Å². The van der Waals surface area contributed by atoms with Gasteiger partial charge in [-0.2, -0.15) is 0 Å². The first kappa shape index (κ1) is 18.2. The van der Waals surface area contributed by atoms with Crippen molar-refractivity contribution in [2.24, 2.45) is 5.92 Å². The van der Waals surface area contributed by atoms with Gasteiger partial charge in [-0.25, -0.2) is 4.79 Å². The van der Waals surface area contributed by atoms with Crippen molar-refractivity contribution < 1.29 is 14.3 Å². The molecule has 1 aromatic rings. The molecular weight excluding hydrogens is 280 g/mol. The van der Waals surface area contributed by atoms with Crippen LogP contribution in [0.4, 0.5) is 0 Å². The first-order chi connectivity index (χ1) is 10.4.